The van der Waals surface area contributed by atoms with E-state index in [1.807, 2.05) is 30.3 Å². The maximum atomic E-state index is 12.2. The average Bonchev–Trinajstić information content (AvgIpc) is 2.43. The summed E-state index contributed by atoms with van der Waals surface area (Å²) in [6.07, 6.45) is 0.357. The fourth-order valence-corrected chi connectivity index (χ4v) is 2.52. The van der Waals surface area contributed by atoms with Crippen LogP contribution < -0.4 is 5.73 Å². The lowest BCUT2D eigenvalue weighted by molar-refractivity contribution is 0.0973. The maximum absolute atomic E-state index is 12.2. The second-order valence-corrected chi connectivity index (χ2v) is 4.77. The molecule has 0 radical (unpaired) electrons. The SMILES string of the molecule is Nc1cc(O)c2c(c1)CC(c1ccccc1)=C(O)C2=O. The van der Waals surface area contributed by atoms with Crippen LogP contribution in [0.5, 0.6) is 5.75 Å². The molecule has 3 rings (SSSR count). The van der Waals surface area contributed by atoms with Gasteiger partial charge in [-0.15, -0.1) is 0 Å². The van der Waals surface area contributed by atoms with Crippen LogP contribution in [0.2, 0.25) is 0 Å². The third-order valence-corrected chi connectivity index (χ3v) is 3.44. The van der Waals surface area contributed by atoms with Gasteiger partial charge in [-0.3, -0.25) is 4.79 Å². The van der Waals surface area contributed by atoms with Crippen molar-refractivity contribution in [2.45, 2.75) is 6.42 Å². The van der Waals surface area contributed by atoms with E-state index in [0.29, 0.717) is 23.2 Å². The molecule has 4 N–H and O–H groups in total. The van der Waals surface area contributed by atoms with E-state index < -0.39 is 5.78 Å². The summed E-state index contributed by atoms with van der Waals surface area (Å²) >= 11 is 0. The molecule has 0 unspecified atom stereocenters. The Balaban J connectivity index is 2.18. The van der Waals surface area contributed by atoms with Gasteiger partial charge in [0.2, 0.25) is 5.78 Å². The number of carbonyl (C=O) groups excluding carboxylic acids is 1. The molecule has 4 nitrogen and oxygen atoms in total. The molecular formula is C16H13NO3. The number of ketones is 1. The molecule has 100 valence electrons. The molecule has 0 amide bonds. The number of allylic oxidation sites excluding steroid dienone is 2. The highest BCUT2D eigenvalue weighted by atomic mass is 16.3. The predicted molar refractivity (Wildman–Crippen MR) is 76.5 cm³/mol. The van der Waals surface area contributed by atoms with Crippen LogP contribution in [-0.2, 0) is 6.42 Å². The van der Waals surface area contributed by atoms with Crippen LogP contribution in [0.3, 0.4) is 0 Å². The Morgan fingerprint density at radius 3 is 2.45 bits per heavy atom. The second-order valence-electron chi connectivity index (χ2n) is 4.77. The molecule has 0 aromatic heterocycles. The molecule has 0 heterocycles. The van der Waals surface area contributed by atoms with Gasteiger partial charge in [-0.05, 0) is 17.2 Å². The third-order valence-electron chi connectivity index (χ3n) is 3.44. The van der Waals surface area contributed by atoms with Crippen molar-refractivity contribution >= 4 is 17.0 Å². The monoisotopic (exact) mass is 267 g/mol. The lowest BCUT2D eigenvalue weighted by atomic mass is 9.85. The molecule has 0 saturated carbocycles. The molecule has 0 bridgehead atoms. The Morgan fingerprint density at radius 2 is 1.75 bits per heavy atom. The van der Waals surface area contributed by atoms with Crippen LogP contribution in [0.15, 0.2) is 48.2 Å². The minimum absolute atomic E-state index is 0.136. The number of phenols is 1. The average molecular weight is 267 g/mol. The van der Waals surface area contributed by atoms with Gasteiger partial charge in [0, 0.05) is 23.7 Å². The molecule has 0 saturated heterocycles. The summed E-state index contributed by atoms with van der Waals surface area (Å²) in [4.78, 5) is 12.2. The lowest BCUT2D eigenvalue weighted by Gasteiger charge is -2.20. The molecule has 0 fully saturated rings. The van der Waals surface area contributed by atoms with Crippen LogP contribution in [0, 0.1) is 0 Å². The predicted octanol–water partition coefficient (Wildman–Crippen LogP) is 2.68. The van der Waals surface area contributed by atoms with Crippen LogP contribution in [0.1, 0.15) is 21.5 Å². The summed E-state index contributed by atoms with van der Waals surface area (Å²) < 4.78 is 0. The number of aromatic hydroxyl groups is 1. The Morgan fingerprint density at radius 1 is 1.05 bits per heavy atom. The number of hydrogen-bond donors (Lipinski definition) is 3. The van der Waals surface area contributed by atoms with Gasteiger partial charge < -0.3 is 15.9 Å². The van der Waals surface area contributed by atoms with E-state index in [1.54, 1.807) is 6.07 Å². The number of anilines is 1. The lowest BCUT2D eigenvalue weighted by Crippen LogP contribution is -2.16. The second kappa shape index (κ2) is 4.42. The van der Waals surface area contributed by atoms with E-state index in [2.05, 4.69) is 0 Å². The number of phenolic OH excluding ortho intramolecular Hbond substituents is 1. The number of carbonyl (C=O) groups is 1. The number of rotatable bonds is 1. The number of hydrogen-bond acceptors (Lipinski definition) is 4. The van der Waals surface area contributed by atoms with E-state index in [0.717, 1.165) is 5.56 Å². The van der Waals surface area contributed by atoms with Crippen LogP contribution in [-0.4, -0.2) is 16.0 Å². The molecule has 0 atom stereocenters. The van der Waals surface area contributed by atoms with Crippen molar-refractivity contribution in [1.82, 2.24) is 0 Å². The first-order chi connectivity index (χ1) is 9.58. The molecule has 2 aromatic rings. The van der Waals surface area contributed by atoms with E-state index >= 15 is 0 Å². The number of nitrogens with two attached hydrogens (primary N) is 1. The van der Waals surface area contributed by atoms with Crippen molar-refractivity contribution in [3.63, 3.8) is 0 Å². The highest BCUT2D eigenvalue weighted by Crippen LogP contribution is 2.36. The van der Waals surface area contributed by atoms with E-state index in [-0.39, 0.29) is 17.1 Å². The van der Waals surface area contributed by atoms with Gasteiger partial charge in [0.15, 0.2) is 5.76 Å². The first-order valence-corrected chi connectivity index (χ1v) is 6.21. The van der Waals surface area contributed by atoms with Crippen molar-refractivity contribution in [2.24, 2.45) is 0 Å². The van der Waals surface area contributed by atoms with Crippen molar-refractivity contribution in [2.75, 3.05) is 5.73 Å². The van der Waals surface area contributed by atoms with Crippen LogP contribution in [0.25, 0.3) is 5.57 Å². The number of benzene rings is 2. The van der Waals surface area contributed by atoms with Gasteiger partial charge in [0.1, 0.15) is 5.75 Å². The number of Topliss-reactive ketones (excluding diaryl/α,β-unsaturated/α-hetero) is 1. The Hall–Kier alpha value is -2.75. The first kappa shape index (κ1) is 12.3. The number of fused-ring (bicyclic) bond motifs is 1. The van der Waals surface area contributed by atoms with Gasteiger partial charge in [-0.2, -0.15) is 0 Å². The zero-order chi connectivity index (χ0) is 14.3. The Kier molecular flexibility index (Phi) is 2.71. The fraction of sp³-hybridized carbons (Fsp3) is 0.0625. The molecule has 0 aliphatic heterocycles. The summed E-state index contributed by atoms with van der Waals surface area (Å²) in [5, 5.41) is 20.0. The summed E-state index contributed by atoms with van der Waals surface area (Å²) in [6, 6.07) is 12.2. The molecule has 20 heavy (non-hydrogen) atoms. The van der Waals surface area contributed by atoms with Crippen molar-refractivity contribution in [3.05, 3.63) is 64.9 Å². The third kappa shape index (κ3) is 1.82. The number of aliphatic hydroxyl groups excluding tert-OH is 1. The molecule has 1 aliphatic rings. The van der Waals surface area contributed by atoms with E-state index in [4.69, 9.17) is 5.73 Å². The van der Waals surface area contributed by atoms with Crippen LogP contribution >= 0.6 is 0 Å². The quantitative estimate of drug-likeness (QED) is 0.694. The topological polar surface area (TPSA) is 83.6 Å². The summed E-state index contributed by atoms with van der Waals surface area (Å²) in [5.41, 5.74) is 8.19. The Labute approximate surface area is 115 Å². The van der Waals surface area contributed by atoms with E-state index in [9.17, 15) is 15.0 Å². The van der Waals surface area contributed by atoms with Crippen molar-refractivity contribution in [3.8, 4) is 5.75 Å². The van der Waals surface area contributed by atoms with E-state index in [1.165, 1.54) is 6.07 Å². The van der Waals surface area contributed by atoms with Crippen LogP contribution in [0.4, 0.5) is 5.69 Å². The minimum atomic E-state index is -0.567. The minimum Gasteiger partial charge on any atom is -0.507 e. The highest BCUT2D eigenvalue weighted by Gasteiger charge is 2.29. The van der Waals surface area contributed by atoms with Crippen molar-refractivity contribution < 1.29 is 15.0 Å². The summed E-state index contributed by atoms with van der Waals surface area (Å²) in [6.45, 7) is 0. The standard InChI is InChI=1S/C16H13NO3/c17-11-6-10-7-12(9-4-2-1-3-5-9)15(19)16(20)14(10)13(18)8-11/h1-6,8,18-19H,7,17H2. The van der Waals surface area contributed by atoms with Crippen molar-refractivity contribution in [1.29, 1.82) is 0 Å². The van der Waals surface area contributed by atoms with Gasteiger partial charge in [0.25, 0.3) is 0 Å². The highest BCUT2D eigenvalue weighted by molar-refractivity contribution is 6.16. The summed E-state index contributed by atoms with van der Waals surface area (Å²) in [7, 11) is 0. The largest absolute Gasteiger partial charge is 0.507 e. The summed E-state index contributed by atoms with van der Waals surface area (Å²) in [5.74, 6) is -1.07. The fourth-order valence-electron chi connectivity index (χ4n) is 2.52. The van der Waals surface area contributed by atoms with Gasteiger partial charge in [-0.1, -0.05) is 30.3 Å². The number of nitrogen functional groups attached to an aromatic ring is 1. The molecule has 0 spiro atoms. The van der Waals surface area contributed by atoms with Gasteiger partial charge >= 0.3 is 0 Å². The van der Waals surface area contributed by atoms with Gasteiger partial charge in [0.05, 0.1) is 5.56 Å². The normalized spacial score (nSPS) is 14.3. The Bertz CT molecular complexity index is 733. The smallest absolute Gasteiger partial charge is 0.231 e. The van der Waals surface area contributed by atoms with Gasteiger partial charge in [-0.25, -0.2) is 0 Å². The maximum Gasteiger partial charge on any atom is 0.231 e. The number of aliphatic hydroxyl groups is 1. The zero-order valence-electron chi connectivity index (χ0n) is 10.6. The molecule has 4 heteroatoms. The zero-order valence-corrected chi connectivity index (χ0v) is 10.6. The molecule has 1 aliphatic carbocycles. The first-order valence-electron chi connectivity index (χ1n) is 6.21. The molecular weight excluding hydrogens is 254 g/mol. The molecule has 2 aromatic carbocycles.